The second-order valence-electron chi connectivity index (χ2n) is 6.08. The molecule has 25 heavy (non-hydrogen) atoms. The van der Waals surface area contributed by atoms with Crippen molar-refractivity contribution < 1.29 is 23.8 Å². The number of carbonyl (C=O) groups excluding carboxylic acids is 2. The van der Waals surface area contributed by atoms with Gasteiger partial charge in [0.25, 0.3) is 0 Å². The van der Waals surface area contributed by atoms with Crippen LogP contribution in [0.4, 0.5) is 4.79 Å². The van der Waals surface area contributed by atoms with Crippen LogP contribution in [0.2, 0.25) is 0 Å². The normalized spacial score (nSPS) is 21.6. The number of nitrogens with one attached hydrogen (secondary N) is 1. The second kappa shape index (κ2) is 7.57. The summed E-state index contributed by atoms with van der Waals surface area (Å²) in [6.45, 7) is 5.44. The highest BCUT2D eigenvalue weighted by molar-refractivity contribution is 5.76. The maximum absolute atomic E-state index is 12.4. The largest absolute Gasteiger partial charge is 0.489 e. The Labute approximate surface area is 146 Å². The van der Waals surface area contributed by atoms with Crippen molar-refractivity contribution in [1.82, 2.24) is 10.2 Å². The molecule has 2 aliphatic rings. The molecule has 0 saturated carbocycles. The van der Waals surface area contributed by atoms with Crippen molar-refractivity contribution >= 4 is 12.1 Å². The molecule has 0 unspecified atom stereocenters. The lowest BCUT2D eigenvalue weighted by atomic mass is 10.1. The summed E-state index contributed by atoms with van der Waals surface area (Å²) in [6.07, 6.45) is 1.39. The fourth-order valence-corrected chi connectivity index (χ4v) is 3.14. The fraction of sp³-hybridized carbons (Fsp3) is 0.444. The van der Waals surface area contributed by atoms with E-state index in [1.807, 2.05) is 18.2 Å². The van der Waals surface area contributed by atoms with Crippen molar-refractivity contribution in [3.8, 4) is 5.75 Å². The van der Waals surface area contributed by atoms with Gasteiger partial charge in [0.2, 0.25) is 0 Å². The van der Waals surface area contributed by atoms with Gasteiger partial charge in [-0.15, -0.1) is 0 Å². The van der Waals surface area contributed by atoms with Crippen molar-refractivity contribution in [2.45, 2.75) is 31.7 Å². The standard InChI is InChI=1S/C18H22N2O5/c1-3-7-24-16-6-4-5-12-10-20(11-14(12)16)18(22)25-13-8-15(19-9-13)17(21)23-2/h3-6,13,15,19H,1,7-11H2,2H3/t13-,15+/m1/s1. The number of amides is 1. The molecule has 2 aliphatic heterocycles. The summed E-state index contributed by atoms with van der Waals surface area (Å²) in [5, 5.41) is 3.00. The SMILES string of the molecule is C=CCOc1cccc2c1CN(C(=O)O[C@H]1CN[C@H](C(=O)OC)C1)C2. The highest BCUT2D eigenvalue weighted by Gasteiger charge is 2.34. The quantitative estimate of drug-likeness (QED) is 0.645. The molecule has 0 bridgehead atoms. The van der Waals surface area contributed by atoms with Crippen LogP contribution in [0.15, 0.2) is 30.9 Å². The van der Waals surface area contributed by atoms with Crippen LogP contribution in [-0.4, -0.2) is 49.4 Å². The smallest absolute Gasteiger partial charge is 0.410 e. The Morgan fingerprint density at radius 3 is 3.00 bits per heavy atom. The summed E-state index contributed by atoms with van der Waals surface area (Å²) in [4.78, 5) is 25.6. The third-order valence-corrected chi connectivity index (χ3v) is 4.40. The Balaban J connectivity index is 1.58. The van der Waals surface area contributed by atoms with Gasteiger partial charge in [-0.25, -0.2) is 4.79 Å². The molecule has 1 aromatic carbocycles. The van der Waals surface area contributed by atoms with E-state index >= 15 is 0 Å². The number of hydrogen-bond donors (Lipinski definition) is 1. The zero-order valence-corrected chi connectivity index (χ0v) is 14.2. The highest BCUT2D eigenvalue weighted by Crippen LogP contribution is 2.31. The molecule has 0 aliphatic carbocycles. The predicted molar refractivity (Wildman–Crippen MR) is 90.1 cm³/mol. The van der Waals surface area contributed by atoms with Gasteiger partial charge in [-0.05, 0) is 11.6 Å². The molecule has 2 heterocycles. The third kappa shape index (κ3) is 3.76. The van der Waals surface area contributed by atoms with Gasteiger partial charge in [0, 0.05) is 25.1 Å². The number of esters is 1. The molecule has 134 valence electrons. The molecular weight excluding hydrogens is 324 g/mol. The maximum atomic E-state index is 12.4. The molecular formula is C18H22N2O5. The third-order valence-electron chi connectivity index (χ3n) is 4.40. The Bertz CT molecular complexity index is 675. The van der Waals surface area contributed by atoms with E-state index in [1.54, 1.807) is 11.0 Å². The van der Waals surface area contributed by atoms with Gasteiger partial charge in [-0.3, -0.25) is 9.69 Å². The zero-order chi connectivity index (χ0) is 17.8. The Morgan fingerprint density at radius 2 is 2.24 bits per heavy atom. The lowest BCUT2D eigenvalue weighted by molar-refractivity contribution is -0.142. The van der Waals surface area contributed by atoms with Gasteiger partial charge in [0.1, 0.15) is 24.5 Å². The molecule has 1 aromatic rings. The van der Waals surface area contributed by atoms with Crippen LogP contribution in [0, 0.1) is 0 Å². The molecule has 1 fully saturated rings. The monoisotopic (exact) mass is 346 g/mol. The number of carbonyl (C=O) groups is 2. The van der Waals surface area contributed by atoms with E-state index in [9.17, 15) is 9.59 Å². The van der Waals surface area contributed by atoms with Crippen LogP contribution in [0.25, 0.3) is 0 Å². The summed E-state index contributed by atoms with van der Waals surface area (Å²) in [6, 6.07) is 5.36. The van der Waals surface area contributed by atoms with Crippen molar-refractivity contribution in [3.63, 3.8) is 0 Å². The Kier molecular flexibility index (Phi) is 5.23. The van der Waals surface area contributed by atoms with E-state index in [-0.39, 0.29) is 18.2 Å². The molecule has 3 rings (SSSR count). The Hall–Kier alpha value is -2.54. The van der Waals surface area contributed by atoms with Crippen LogP contribution in [0.5, 0.6) is 5.75 Å². The first-order valence-electron chi connectivity index (χ1n) is 8.23. The summed E-state index contributed by atoms with van der Waals surface area (Å²) in [7, 11) is 1.34. The fourth-order valence-electron chi connectivity index (χ4n) is 3.14. The minimum atomic E-state index is -0.419. The van der Waals surface area contributed by atoms with E-state index < -0.39 is 6.04 Å². The van der Waals surface area contributed by atoms with Gasteiger partial charge >= 0.3 is 12.1 Å². The molecule has 1 amide bonds. The number of fused-ring (bicyclic) bond motifs is 1. The number of nitrogens with zero attached hydrogens (tertiary/aromatic N) is 1. The zero-order valence-electron chi connectivity index (χ0n) is 14.2. The van der Waals surface area contributed by atoms with Gasteiger partial charge < -0.3 is 19.5 Å². The molecule has 0 aromatic heterocycles. The summed E-state index contributed by atoms with van der Waals surface area (Å²) >= 11 is 0. The number of rotatable bonds is 5. The summed E-state index contributed by atoms with van der Waals surface area (Å²) < 4.78 is 15.9. The van der Waals surface area contributed by atoms with Gasteiger partial charge in [0.05, 0.1) is 13.7 Å². The van der Waals surface area contributed by atoms with E-state index in [2.05, 4.69) is 11.9 Å². The second-order valence-corrected chi connectivity index (χ2v) is 6.08. The van der Waals surface area contributed by atoms with Crippen LogP contribution < -0.4 is 10.1 Å². The van der Waals surface area contributed by atoms with Crippen molar-refractivity contribution in [2.24, 2.45) is 0 Å². The van der Waals surface area contributed by atoms with Crippen LogP contribution >= 0.6 is 0 Å². The van der Waals surface area contributed by atoms with Crippen LogP contribution in [-0.2, 0) is 27.4 Å². The molecule has 1 N–H and O–H groups in total. The highest BCUT2D eigenvalue weighted by atomic mass is 16.6. The first-order chi connectivity index (χ1) is 12.1. The van der Waals surface area contributed by atoms with E-state index in [0.29, 0.717) is 32.7 Å². The van der Waals surface area contributed by atoms with E-state index in [4.69, 9.17) is 14.2 Å². The average Bonchev–Trinajstić information content (AvgIpc) is 3.26. The first-order valence-corrected chi connectivity index (χ1v) is 8.23. The minimum absolute atomic E-state index is 0.336. The average molecular weight is 346 g/mol. The van der Waals surface area contributed by atoms with Crippen molar-refractivity contribution in [3.05, 3.63) is 42.0 Å². The van der Waals surface area contributed by atoms with Crippen LogP contribution in [0.3, 0.4) is 0 Å². The summed E-state index contributed by atoms with van der Waals surface area (Å²) in [5.41, 5.74) is 2.05. The summed E-state index contributed by atoms with van der Waals surface area (Å²) in [5.74, 6) is 0.428. The molecule has 7 heteroatoms. The van der Waals surface area contributed by atoms with Gasteiger partial charge in [-0.1, -0.05) is 24.8 Å². The number of hydrogen-bond acceptors (Lipinski definition) is 6. The number of methoxy groups -OCH3 is 1. The van der Waals surface area contributed by atoms with E-state index in [0.717, 1.165) is 16.9 Å². The van der Waals surface area contributed by atoms with Crippen LogP contribution in [0.1, 0.15) is 17.5 Å². The first kappa shape index (κ1) is 17.3. The van der Waals surface area contributed by atoms with Gasteiger partial charge in [0.15, 0.2) is 0 Å². The lowest BCUT2D eigenvalue weighted by Crippen LogP contribution is -2.31. The maximum Gasteiger partial charge on any atom is 0.410 e. The minimum Gasteiger partial charge on any atom is -0.489 e. The number of ether oxygens (including phenoxy) is 3. The molecule has 7 nitrogen and oxygen atoms in total. The van der Waals surface area contributed by atoms with Crippen molar-refractivity contribution in [2.75, 3.05) is 20.3 Å². The molecule has 1 saturated heterocycles. The number of benzene rings is 1. The molecule has 0 radical (unpaired) electrons. The molecule has 0 spiro atoms. The lowest BCUT2D eigenvalue weighted by Gasteiger charge is -2.18. The molecule has 2 atom stereocenters. The van der Waals surface area contributed by atoms with Crippen molar-refractivity contribution in [1.29, 1.82) is 0 Å². The predicted octanol–water partition coefficient (Wildman–Crippen LogP) is 1.61. The van der Waals surface area contributed by atoms with E-state index in [1.165, 1.54) is 7.11 Å². The topological polar surface area (TPSA) is 77.1 Å². The Morgan fingerprint density at radius 1 is 1.40 bits per heavy atom. The van der Waals surface area contributed by atoms with Gasteiger partial charge in [-0.2, -0.15) is 0 Å².